The highest BCUT2D eigenvalue weighted by atomic mass is 35.5. The number of nitrogens with zero attached hydrogens (tertiary/aromatic N) is 2. The van der Waals surface area contributed by atoms with Crippen molar-refractivity contribution in [2.45, 2.75) is 26.3 Å². The van der Waals surface area contributed by atoms with Gasteiger partial charge in [-0.15, -0.1) is 0 Å². The SMILES string of the molecule is CC(C)C(C)(C#N)NC(=O)CNc1ccccc1Oc1ncc(Cl)cc1Cl. The van der Waals surface area contributed by atoms with E-state index in [0.29, 0.717) is 16.5 Å². The van der Waals surface area contributed by atoms with Crippen molar-refractivity contribution in [2.75, 3.05) is 11.9 Å². The van der Waals surface area contributed by atoms with Crippen molar-refractivity contribution < 1.29 is 9.53 Å². The van der Waals surface area contributed by atoms with Crippen molar-refractivity contribution in [1.82, 2.24) is 10.3 Å². The summed E-state index contributed by atoms with van der Waals surface area (Å²) in [5.74, 6) is 0.330. The van der Waals surface area contributed by atoms with Crippen LogP contribution in [-0.2, 0) is 4.79 Å². The van der Waals surface area contributed by atoms with Gasteiger partial charge in [0.05, 0.1) is 23.3 Å². The molecule has 0 bridgehead atoms. The quantitative estimate of drug-likeness (QED) is 0.698. The van der Waals surface area contributed by atoms with E-state index in [2.05, 4.69) is 21.7 Å². The Kier molecular flexibility index (Phi) is 6.89. The van der Waals surface area contributed by atoms with Crippen LogP contribution in [0, 0.1) is 17.2 Å². The number of ether oxygens (including phenoxy) is 1. The lowest BCUT2D eigenvalue weighted by atomic mass is 9.90. The monoisotopic (exact) mass is 406 g/mol. The first-order chi connectivity index (χ1) is 12.7. The van der Waals surface area contributed by atoms with Crippen molar-refractivity contribution in [3.8, 4) is 17.7 Å². The van der Waals surface area contributed by atoms with E-state index in [-0.39, 0.29) is 29.3 Å². The lowest BCUT2D eigenvalue weighted by molar-refractivity contribution is -0.121. The zero-order valence-corrected chi connectivity index (χ0v) is 16.7. The van der Waals surface area contributed by atoms with Gasteiger partial charge in [0, 0.05) is 6.20 Å². The van der Waals surface area contributed by atoms with Gasteiger partial charge in [0.15, 0.2) is 5.75 Å². The minimum Gasteiger partial charge on any atom is -0.435 e. The topological polar surface area (TPSA) is 87.0 Å². The molecule has 0 aliphatic carbocycles. The summed E-state index contributed by atoms with van der Waals surface area (Å²) < 4.78 is 5.74. The largest absolute Gasteiger partial charge is 0.435 e. The molecule has 0 aliphatic rings. The standard InChI is InChI=1S/C19H20Cl2N4O2/c1-12(2)19(3,11-22)25-17(26)10-23-15-6-4-5-7-16(15)27-18-14(21)8-13(20)9-24-18/h4-9,12,23H,10H2,1-3H3,(H,25,26). The molecule has 0 fully saturated rings. The molecular formula is C19H20Cl2N4O2. The highest BCUT2D eigenvalue weighted by Crippen LogP contribution is 2.33. The third-order valence-electron chi connectivity index (χ3n) is 4.09. The highest BCUT2D eigenvalue weighted by Gasteiger charge is 2.29. The summed E-state index contributed by atoms with van der Waals surface area (Å²) in [4.78, 5) is 16.3. The summed E-state index contributed by atoms with van der Waals surface area (Å²) in [5, 5.41) is 15.7. The fourth-order valence-corrected chi connectivity index (χ4v) is 2.51. The number of nitriles is 1. The third kappa shape index (κ3) is 5.49. The van der Waals surface area contributed by atoms with Crippen LogP contribution in [0.1, 0.15) is 20.8 Å². The zero-order chi connectivity index (χ0) is 20.0. The van der Waals surface area contributed by atoms with Crippen molar-refractivity contribution in [1.29, 1.82) is 5.26 Å². The number of para-hydroxylation sites is 2. The Morgan fingerprint density at radius 2 is 2.07 bits per heavy atom. The predicted molar refractivity (Wildman–Crippen MR) is 106 cm³/mol. The Morgan fingerprint density at radius 1 is 1.37 bits per heavy atom. The number of rotatable bonds is 7. The Bertz CT molecular complexity index is 867. The number of anilines is 1. The Morgan fingerprint density at radius 3 is 2.70 bits per heavy atom. The molecule has 6 nitrogen and oxygen atoms in total. The lowest BCUT2D eigenvalue weighted by Crippen LogP contribution is -2.50. The normalized spacial score (nSPS) is 12.8. The molecule has 2 aromatic rings. The number of nitrogens with one attached hydrogen (secondary N) is 2. The zero-order valence-electron chi connectivity index (χ0n) is 15.2. The molecule has 2 N–H and O–H groups in total. The average Bonchev–Trinajstić information content (AvgIpc) is 2.63. The third-order valence-corrected chi connectivity index (χ3v) is 4.57. The van der Waals surface area contributed by atoms with E-state index in [1.165, 1.54) is 12.3 Å². The highest BCUT2D eigenvalue weighted by molar-refractivity contribution is 6.35. The number of amides is 1. The van der Waals surface area contributed by atoms with Crippen LogP contribution < -0.4 is 15.4 Å². The van der Waals surface area contributed by atoms with E-state index in [4.69, 9.17) is 27.9 Å². The molecular weight excluding hydrogens is 387 g/mol. The number of benzene rings is 1. The van der Waals surface area contributed by atoms with Crippen LogP contribution in [0.15, 0.2) is 36.5 Å². The maximum atomic E-state index is 12.2. The first kappa shape index (κ1) is 20.8. The van der Waals surface area contributed by atoms with E-state index in [1.54, 1.807) is 31.2 Å². The Balaban J connectivity index is 2.08. The molecule has 0 saturated carbocycles. The number of aromatic nitrogens is 1. The molecule has 2 rings (SSSR count). The van der Waals surface area contributed by atoms with Crippen LogP contribution >= 0.6 is 23.2 Å². The first-order valence-electron chi connectivity index (χ1n) is 8.29. The molecule has 1 aromatic carbocycles. The molecule has 0 saturated heterocycles. The van der Waals surface area contributed by atoms with Crippen LogP contribution in [0.2, 0.25) is 10.0 Å². The lowest BCUT2D eigenvalue weighted by Gasteiger charge is -2.27. The maximum Gasteiger partial charge on any atom is 0.240 e. The molecule has 0 radical (unpaired) electrons. The van der Waals surface area contributed by atoms with Crippen LogP contribution in [0.3, 0.4) is 0 Å². The van der Waals surface area contributed by atoms with Crippen LogP contribution in [0.25, 0.3) is 0 Å². The van der Waals surface area contributed by atoms with Gasteiger partial charge < -0.3 is 15.4 Å². The van der Waals surface area contributed by atoms with Crippen molar-refractivity contribution in [2.24, 2.45) is 5.92 Å². The summed E-state index contributed by atoms with van der Waals surface area (Å²) in [6.07, 6.45) is 1.43. The van der Waals surface area contributed by atoms with Gasteiger partial charge in [-0.3, -0.25) is 4.79 Å². The predicted octanol–water partition coefficient (Wildman–Crippen LogP) is 4.65. The van der Waals surface area contributed by atoms with Crippen molar-refractivity contribution in [3.05, 3.63) is 46.6 Å². The number of carbonyl (C=O) groups excluding carboxylic acids is 1. The van der Waals surface area contributed by atoms with Gasteiger partial charge in [-0.25, -0.2) is 4.98 Å². The molecule has 1 amide bonds. The Hall–Kier alpha value is -2.49. The first-order valence-corrected chi connectivity index (χ1v) is 9.05. The summed E-state index contributed by atoms with van der Waals surface area (Å²) >= 11 is 11.9. The van der Waals surface area contributed by atoms with Crippen molar-refractivity contribution >= 4 is 34.8 Å². The van der Waals surface area contributed by atoms with E-state index in [1.807, 2.05) is 13.8 Å². The minimum absolute atomic E-state index is 0.0217. The fraction of sp³-hybridized carbons (Fsp3) is 0.316. The maximum absolute atomic E-state index is 12.2. The van der Waals surface area contributed by atoms with Crippen LogP contribution in [0.4, 0.5) is 5.69 Å². The summed E-state index contributed by atoms with van der Waals surface area (Å²) in [7, 11) is 0. The average molecular weight is 407 g/mol. The molecule has 1 unspecified atom stereocenters. The number of hydrogen-bond acceptors (Lipinski definition) is 5. The molecule has 27 heavy (non-hydrogen) atoms. The molecule has 8 heteroatoms. The number of halogens is 2. The van der Waals surface area contributed by atoms with Gasteiger partial charge in [0.1, 0.15) is 10.6 Å². The van der Waals surface area contributed by atoms with Gasteiger partial charge in [0.2, 0.25) is 11.8 Å². The summed E-state index contributed by atoms with van der Waals surface area (Å²) in [5.41, 5.74) is -0.348. The van der Waals surface area contributed by atoms with Gasteiger partial charge in [0.25, 0.3) is 0 Å². The second-order valence-electron chi connectivity index (χ2n) is 6.41. The summed E-state index contributed by atoms with van der Waals surface area (Å²) in [6, 6.07) is 10.8. The van der Waals surface area contributed by atoms with Crippen LogP contribution in [0.5, 0.6) is 11.6 Å². The number of hydrogen-bond donors (Lipinski definition) is 2. The van der Waals surface area contributed by atoms with E-state index in [9.17, 15) is 10.1 Å². The summed E-state index contributed by atoms with van der Waals surface area (Å²) in [6.45, 7) is 5.43. The van der Waals surface area contributed by atoms with E-state index >= 15 is 0 Å². The fourth-order valence-electron chi connectivity index (χ4n) is 2.09. The van der Waals surface area contributed by atoms with Gasteiger partial charge in [-0.1, -0.05) is 49.2 Å². The van der Waals surface area contributed by atoms with E-state index in [0.717, 1.165) is 0 Å². The van der Waals surface area contributed by atoms with Gasteiger partial charge >= 0.3 is 0 Å². The second kappa shape index (κ2) is 8.94. The van der Waals surface area contributed by atoms with Crippen LogP contribution in [-0.4, -0.2) is 23.0 Å². The van der Waals surface area contributed by atoms with E-state index < -0.39 is 5.54 Å². The molecule has 142 valence electrons. The molecule has 0 spiro atoms. The number of carbonyl (C=O) groups is 1. The Labute approximate surface area is 168 Å². The van der Waals surface area contributed by atoms with Gasteiger partial charge in [-0.05, 0) is 31.0 Å². The molecule has 1 aromatic heterocycles. The molecule has 1 heterocycles. The smallest absolute Gasteiger partial charge is 0.240 e. The minimum atomic E-state index is -0.935. The molecule has 0 aliphatic heterocycles. The van der Waals surface area contributed by atoms with Gasteiger partial charge in [-0.2, -0.15) is 5.26 Å². The van der Waals surface area contributed by atoms with Crippen molar-refractivity contribution in [3.63, 3.8) is 0 Å². The molecule has 1 atom stereocenters. The second-order valence-corrected chi connectivity index (χ2v) is 7.25. The number of pyridine rings is 1.